The first-order valence-corrected chi connectivity index (χ1v) is 18.6. The lowest BCUT2D eigenvalue weighted by Crippen LogP contribution is -2.11. The van der Waals surface area contributed by atoms with Crippen LogP contribution in [0, 0.1) is 12.3 Å². The zero-order valence-electron chi connectivity index (χ0n) is 29.3. The Labute approximate surface area is 312 Å². The molecule has 2 heterocycles. The third-order valence-corrected chi connectivity index (χ3v) is 11.5. The van der Waals surface area contributed by atoms with Gasteiger partial charge in [0.25, 0.3) is 0 Å². The molecule has 0 fully saturated rings. The molecule has 0 saturated heterocycles. The van der Waals surface area contributed by atoms with E-state index in [0.717, 1.165) is 33.1 Å². The zero-order chi connectivity index (χ0) is 36.1. The van der Waals surface area contributed by atoms with Gasteiger partial charge in [0.05, 0.1) is 6.04 Å². The molecule has 53 heavy (non-hydrogen) atoms. The first-order chi connectivity index (χ1) is 26.1. The van der Waals surface area contributed by atoms with Crippen molar-refractivity contribution in [1.82, 2.24) is 0 Å². The van der Waals surface area contributed by atoms with Gasteiger partial charge in [-0.1, -0.05) is 133 Å². The summed E-state index contributed by atoms with van der Waals surface area (Å²) in [6.07, 6.45) is 0. The number of fused-ring (bicyclic) bond motifs is 9. The van der Waals surface area contributed by atoms with E-state index in [4.69, 9.17) is 15.6 Å². The largest absolute Gasteiger partial charge is 0.456 e. The number of nitrogens with one attached hydrogen (secondary N) is 1. The fraction of sp³-hybridized carbons (Fsp3) is 0.0408. The normalized spacial score (nSPS) is 12.0. The van der Waals surface area contributed by atoms with Crippen molar-refractivity contribution in [3.8, 4) is 33.4 Å². The summed E-state index contributed by atoms with van der Waals surface area (Å²) in [5, 5.41) is 13.1. The van der Waals surface area contributed by atoms with Gasteiger partial charge in [-0.2, -0.15) is 0 Å². The molecule has 1 aliphatic rings. The number of nitrogens with two attached hydrogens (primary N) is 1. The minimum atomic E-state index is -0.234. The van der Waals surface area contributed by atoms with E-state index in [2.05, 4.69) is 147 Å². The van der Waals surface area contributed by atoms with E-state index >= 15 is 0 Å². The molecule has 0 radical (unpaired) electrons. The van der Waals surface area contributed by atoms with E-state index in [-0.39, 0.29) is 6.04 Å². The molecule has 8 aromatic carbocycles. The monoisotopic (exact) mass is 700 g/mol. The molecular formula is C49H36N2OS. The number of hydrogen-bond donors (Lipinski definition) is 2. The average Bonchev–Trinajstić information content (AvgIpc) is 3.89. The molecule has 0 spiro atoms. The van der Waals surface area contributed by atoms with Gasteiger partial charge in [-0.05, 0) is 105 Å². The maximum absolute atomic E-state index is 6.81. The Morgan fingerprint density at radius 2 is 1.25 bits per heavy atom. The lowest BCUT2D eigenvalue weighted by Gasteiger charge is -2.14. The topological polar surface area (TPSA) is 63.0 Å². The first-order valence-electron chi connectivity index (χ1n) is 17.8. The van der Waals surface area contributed by atoms with Crippen LogP contribution in [0.15, 0.2) is 168 Å². The second-order valence-corrected chi connectivity index (χ2v) is 14.5. The van der Waals surface area contributed by atoms with Gasteiger partial charge in [-0.25, -0.2) is 0 Å². The molecule has 2 aromatic heterocycles. The maximum Gasteiger partial charge on any atom is 0.135 e. The summed E-state index contributed by atoms with van der Waals surface area (Å²) in [6.45, 7) is 4.64. The van der Waals surface area contributed by atoms with E-state index in [9.17, 15) is 0 Å². The summed E-state index contributed by atoms with van der Waals surface area (Å²) in [4.78, 5) is 0. The Kier molecular flexibility index (Phi) is 8.19. The molecular weight excluding hydrogens is 665 g/mol. The summed E-state index contributed by atoms with van der Waals surface area (Å²) in [5.74, 6) is 0. The SMILES string of the molecule is C=N.Cc1ccc2sc3ccccc3c2c1.NC(c1ccccc1)c1cccc2oc3ccc(-c4cccc5c4-c4cccc6cccc-5c46)cc3c12. The quantitative estimate of drug-likeness (QED) is 0.180. The van der Waals surface area contributed by atoms with Crippen LogP contribution >= 0.6 is 11.3 Å². The van der Waals surface area contributed by atoms with Gasteiger partial charge in [0.1, 0.15) is 11.2 Å². The van der Waals surface area contributed by atoms with Gasteiger partial charge in [0.15, 0.2) is 0 Å². The number of benzene rings is 8. The Bertz CT molecular complexity index is 2970. The second-order valence-electron chi connectivity index (χ2n) is 13.5. The minimum absolute atomic E-state index is 0.234. The molecule has 1 unspecified atom stereocenters. The van der Waals surface area contributed by atoms with Crippen LogP contribution in [0.2, 0.25) is 0 Å². The number of aryl methyl sites for hydroxylation is 1. The van der Waals surface area contributed by atoms with Crippen LogP contribution in [-0.2, 0) is 0 Å². The van der Waals surface area contributed by atoms with E-state index in [1.165, 1.54) is 69.9 Å². The summed E-state index contributed by atoms with van der Waals surface area (Å²) >= 11 is 1.87. The third-order valence-electron chi connectivity index (χ3n) is 10.4. The van der Waals surface area contributed by atoms with Gasteiger partial charge < -0.3 is 15.6 Å². The van der Waals surface area contributed by atoms with Crippen LogP contribution in [0.3, 0.4) is 0 Å². The first kappa shape index (κ1) is 32.6. The van der Waals surface area contributed by atoms with Crippen molar-refractivity contribution in [2.75, 3.05) is 0 Å². The second kappa shape index (κ2) is 13.3. The number of rotatable bonds is 3. The molecule has 1 atom stereocenters. The minimum Gasteiger partial charge on any atom is -0.456 e. The standard InChI is InChI=1S/C35H23NO.C13H10S.CH3N/c36-35(22-8-2-1-3-9-22)28-16-7-17-31-34(28)29-20-23(18-19-30(29)37-31)24-12-6-14-26-25-13-4-10-21-11-5-15-27(32(21)25)33(24)26;1-9-6-7-13-11(8-9)10-4-2-3-5-12(10)14-13;1-2/h1-20,35H,36H2;2-8H,1H3;2H,1H2. The molecule has 10 aromatic rings. The van der Waals surface area contributed by atoms with E-state index < -0.39 is 0 Å². The van der Waals surface area contributed by atoms with E-state index in [1.807, 2.05) is 41.7 Å². The maximum atomic E-state index is 6.81. The van der Waals surface area contributed by atoms with Crippen molar-refractivity contribution < 1.29 is 4.42 Å². The predicted octanol–water partition coefficient (Wildman–Crippen LogP) is 13.7. The molecule has 0 aliphatic heterocycles. The Hall–Kier alpha value is -6.33. The number of hydrogen-bond acceptors (Lipinski definition) is 4. The number of thiophene rings is 1. The van der Waals surface area contributed by atoms with Crippen molar-refractivity contribution in [2.45, 2.75) is 13.0 Å². The molecule has 254 valence electrons. The lowest BCUT2D eigenvalue weighted by molar-refractivity contribution is 0.668. The van der Waals surface area contributed by atoms with E-state index in [1.54, 1.807) is 0 Å². The van der Waals surface area contributed by atoms with Crippen molar-refractivity contribution in [3.05, 3.63) is 180 Å². The van der Waals surface area contributed by atoms with Crippen LogP contribution in [0.5, 0.6) is 0 Å². The van der Waals surface area contributed by atoms with Crippen LogP contribution < -0.4 is 5.73 Å². The molecule has 11 rings (SSSR count). The van der Waals surface area contributed by atoms with Gasteiger partial charge >= 0.3 is 0 Å². The highest BCUT2D eigenvalue weighted by atomic mass is 32.1. The average molecular weight is 701 g/mol. The fourth-order valence-corrected chi connectivity index (χ4v) is 9.13. The molecule has 3 nitrogen and oxygen atoms in total. The summed E-state index contributed by atoms with van der Waals surface area (Å²) < 4.78 is 9.07. The highest BCUT2D eigenvalue weighted by molar-refractivity contribution is 7.25. The predicted molar refractivity (Wildman–Crippen MR) is 227 cm³/mol. The summed E-state index contributed by atoms with van der Waals surface area (Å²) in [7, 11) is 0. The Morgan fingerprint density at radius 1 is 0.547 bits per heavy atom. The van der Waals surface area contributed by atoms with Gasteiger partial charge in [0.2, 0.25) is 0 Å². The van der Waals surface area contributed by atoms with Gasteiger partial charge in [-0.15, -0.1) is 11.3 Å². The van der Waals surface area contributed by atoms with E-state index in [0.29, 0.717) is 0 Å². The smallest absolute Gasteiger partial charge is 0.135 e. The lowest BCUT2D eigenvalue weighted by atomic mass is 9.91. The molecule has 1 aliphatic carbocycles. The molecule has 0 saturated carbocycles. The molecule has 0 bridgehead atoms. The molecule has 4 heteroatoms. The Morgan fingerprint density at radius 3 is 2.09 bits per heavy atom. The highest BCUT2D eigenvalue weighted by Crippen LogP contribution is 2.51. The highest BCUT2D eigenvalue weighted by Gasteiger charge is 2.25. The van der Waals surface area contributed by atoms with Crippen molar-refractivity contribution in [2.24, 2.45) is 5.73 Å². The van der Waals surface area contributed by atoms with Crippen LogP contribution in [-0.4, -0.2) is 6.72 Å². The van der Waals surface area contributed by atoms with Crippen LogP contribution in [0.25, 0.3) is 86.3 Å². The van der Waals surface area contributed by atoms with Gasteiger partial charge in [0, 0.05) is 30.9 Å². The van der Waals surface area contributed by atoms with Crippen molar-refractivity contribution in [3.63, 3.8) is 0 Å². The number of furan rings is 1. The van der Waals surface area contributed by atoms with Crippen LogP contribution in [0.1, 0.15) is 22.7 Å². The van der Waals surface area contributed by atoms with Crippen molar-refractivity contribution >= 4 is 70.9 Å². The zero-order valence-corrected chi connectivity index (χ0v) is 30.1. The fourth-order valence-electron chi connectivity index (χ4n) is 8.04. The Balaban J connectivity index is 0.000000194. The molecule has 3 N–H and O–H groups in total. The third kappa shape index (κ3) is 5.43. The summed E-state index contributed by atoms with van der Waals surface area (Å²) in [5.41, 5.74) is 19.7. The summed E-state index contributed by atoms with van der Waals surface area (Å²) in [6, 6.07) is 57.9. The molecule has 0 amide bonds. The van der Waals surface area contributed by atoms with Crippen LogP contribution in [0.4, 0.5) is 0 Å². The van der Waals surface area contributed by atoms with Crippen molar-refractivity contribution in [1.29, 1.82) is 5.41 Å². The van der Waals surface area contributed by atoms with Gasteiger partial charge in [-0.3, -0.25) is 0 Å².